The van der Waals surface area contributed by atoms with E-state index in [2.05, 4.69) is 22.5 Å². The molecule has 0 fully saturated rings. The Morgan fingerprint density at radius 1 is 1.05 bits per heavy atom. The zero-order chi connectivity index (χ0) is 15.1. The summed E-state index contributed by atoms with van der Waals surface area (Å²) in [4.78, 5) is 4.43. The number of hydrogen-bond acceptors (Lipinski definition) is 5. The van der Waals surface area contributed by atoms with E-state index in [1.165, 1.54) is 0 Å². The van der Waals surface area contributed by atoms with E-state index in [-0.39, 0.29) is 0 Å². The molecule has 0 bridgehead atoms. The molecule has 0 unspecified atom stereocenters. The highest BCUT2D eigenvalue weighted by molar-refractivity contribution is 5.62. The Morgan fingerprint density at radius 3 is 2.52 bits per heavy atom. The van der Waals surface area contributed by atoms with Crippen molar-refractivity contribution >= 4 is 17.3 Å². The molecule has 2 N–H and O–H groups in total. The molecular weight excluding hydrogens is 262 g/mol. The molecule has 0 radical (unpaired) electrons. The summed E-state index contributed by atoms with van der Waals surface area (Å²) < 4.78 is 0. The third-order valence-electron chi connectivity index (χ3n) is 2.84. The lowest BCUT2D eigenvalue weighted by atomic mass is 10.1. The second kappa shape index (κ2) is 6.93. The van der Waals surface area contributed by atoms with Crippen LogP contribution < -0.4 is 10.6 Å². The second-order valence-corrected chi connectivity index (χ2v) is 4.44. The lowest BCUT2D eigenvalue weighted by Crippen LogP contribution is -2.03. The Bertz CT molecular complexity index is 709. The summed E-state index contributed by atoms with van der Waals surface area (Å²) in [5.74, 6) is 1.49. The van der Waals surface area contributed by atoms with E-state index in [0.29, 0.717) is 16.9 Å². The van der Waals surface area contributed by atoms with E-state index in [1.807, 2.05) is 30.3 Å². The number of nitrogens with one attached hydrogen (secondary N) is 2. The molecule has 5 nitrogen and oxygen atoms in total. The van der Waals surface area contributed by atoms with Crippen LogP contribution in [0.15, 0.2) is 36.4 Å². The summed E-state index contributed by atoms with van der Waals surface area (Å²) in [6.45, 7) is 2.96. The van der Waals surface area contributed by atoms with Crippen molar-refractivity contribution in [3.05, 3.63) is 47.5 Å². The van der Waals surface area contributed by atoms with Gasteiger partial charge in [0.25, 0.3) is 0 Å². The van der Waals surface area contributed by atoms with E-state index < -0.39 is 0 Å². The van der Waals surface area contributed by atoms with Crippen molar-refractivity contribution in [2.75, 3.05) is 17.2 Å². The molecule has 0 aliphatic heterocycles. The van der Waals surface area contributed by atoms with E-state index in [1.54, 1.807) is 18.2 Å². The molecule has 2 rings (SSSR count). The monoisotopic (exact) mass is 277 g/mol. The molecule has 21 heavy (non-hydrogen) atoms. The molecule has 1 aromatic heterocycles. The van der Waals surface area contributed by atoms with Crippen LogP contribution in [-0.2, 0) is 0 Å². The van der Waals surface area contributed by atoms with Gasteiger partial charge in [0.2, 0.25) is 0 Å². The summed E-state index contributed by atoms with van der Waals surface area (Å²) in [7, 11) is 0. The Hall–Kier alpha value is -3.05. The number of nitriles is 2. The maximum absolute atomic E-state index is 9.03. The highest BCUT2D eigenvalue weighted by Crippen LogP contribution is 2.19. The minimum absolute atomic E-state index is 0.350. The summed E-state index contributed by atoms with van der Waals surface area (Å²) in [5, 5.41) is 24.3. The molecule has 0 atom stereocenters. The van der Waals surface area contributed by atoms with Crippen molar-refractivity contribution < 1.29 is 0 Å². The normalized spacial score (nSPS) is 9.48. The van der Waals surface area contributed by atoms with Crippen LogP contribution in [0, 0.1) is 22.7 Å². The van der Waals surface area contributed by atoms with Gasteiger partial charge in [-0.15, -0.1) is 0 Å². The molecule has 104 valence electrons. The fourth-order valence-corrected chi connectivity index (χ4v) is 1.82. The van der Waals surface area contributed by atoms with Crippen molar-refractivity contribution in [3.63, 3.8) is 0 Å². The Kier molecular flexibility index (Phi) is 4.74. The lowest BCUT2D eigenvalue weighted by molar-refractivity contribution is 0.970. The average molecular weight is 277 g/mol. The van der Waals surface area contributed by atoms with Crippen LogP contribution in [0.3, 0.4) is 0 Å². The van der Waals surface area contributed by atoms with Gasteiger partial charge >= 0.3 is 0 Å². The van der Waals surface area contributed by atoms with Crippen LogP contribution in [-0.4, -0.2) is 11.5 Å². The van der Waals surface area contributed by atoms with Crippen LogP contribution in [0.2, 0.25) is 0 Å². The highest BCUT2D eigenvalue weighted by atomic mass is 15.1. The SMILES string of the molecule is CCCNc1cccc(Nc2ccc(C#N)c(C#N)c2)n1. The van der Waals surface area contributed by atoms with Gasteiger partial charge in [-0.05, 0) is 36.8 Å². The first-order valence-corrected chi connectivity index (χ1v) is 6.69. The van der Waals surface area contributed by atoms with Crippen molar-refractivity contribution in [2.24, 2.45) is 0 Å². The second-order valence-electron chi connectivity index (χ2n) is 4.44. The smallest absolute Gasteiger partial charge is 0.132 e. The lowest BCUT2D eigenvalue weighted by Gasteiger charge is -2.09. The number of nitrogens with zero attached hydrogens (tertiary/aromatic N) is 3. The fraction of sp³-hybridized carbons (Fsp3) is 0.188. The van der Waals surface area contributed by atoms with Gasteiger partial charge in [-0.3, -0.25) is 0 Å². The van der Waals surface area contributed by atoms with Crippen molar-refractivity contribution in [1.82, 2.24) is 4.98 Å². The third-order valence-corrected chi connectivity index (χ3v) is 2.84. The van der Waals surface area contributed by atoms with Crippen LogP contribution in [0.25, 0.3) is 0 Å². The molecule has 0 amide bonds. The Balaban J connectivity index is 2.19. The maximum atomic E-state index is 9.03. The van der Waals surface area contributed by atoms with Gasteiger partial charge in [-0.25, -0.2) is 4.98 Å². The van der Waals surface area contributed by atoms with Crippen LogP contribution in [0.4, 0.5) is 17.3 Å². The maximum Gasteiger partial charge on any atom is 0.132 e. The fourth-order valence-electron chi connectivity index (χ4n) is 1.82. The summed E-state index contributed by atoms with van der Waals surface area (Å²) in [5.41, 5.74) is 1.45. The van der Waals surface area contributed by atoms with Crippen molar-refractivity contribution in [1.29, 1.82) is 10.5 Å². The van der Waals surface area contributed by atoms with E-state index in [4.69, 9.17) is 10.5 Å². The minimum atomic E-state index is 0.350. The highest BCUT2D eigenvalue weighted by Gasteiger charge is 2.04. The summed E-state index contributed by atoms with van der Waals surface area (Å²) in [6, 6.07) is 14.7. The first-order chi connectivity index (χ1) is 10.3. The van der Waals surface area contributed by atoms with Gasteiger partial charge in [-0.1, -0.05) is 13.0 Å². The Labute approximate surface area is 123 Å². The molecule has 0 spiro atoms. The molecule has 5 heteroatoms. The molecule has 0 saturated heterocycles. The van der Waals surface area contributed by atoms with Gasteiger partial charge in [0, 0.05) is 12.2 Å². The van der Waals surface area contributed by atoms with Crippen LogP contribution in [0.5, 0.6) is 0 Å². The van der Waals surface area contributed by atoms with Crippen molar-refractivity contribution in [3.8, 4) is 12.1 Å². The number of hydrogen-bond donors (Lipinski definition) is 2. The molecule has 0 aliphatic carbocycles. The number of pyridine rings is 1. The molecule has 2 aromatic rings. The number of benzene rings is 1. The largest absolute Gasteiger partial charge is 0.370 e. The zero-order valence-electron chi connectivity index (χ0n) is 11.7. The standard InChI is InChI=1S/C16H15N5/c1-2-8-19-15-4-3-5-16(21-15)20-14-7-6-12(10-17)13(9-14)11-18/h3-7,9H,2,8H2,1H3,(H2,19,20,21). The van der Waals surface area contributed by atoms with Gasteiger partial charge < -0.3 is 10.6 Å². The number of rotatable bonds is 5. The molecule has 1 heterocycles. The molecule has 0 saturated carbocycles. The van der Waals surface area contributed by atoms with Gasteiger partial charge in [0.15, 0.2) is 0 Å². The predicted molar refractivity (Wildman–Crippen MR) is 82.2 cm³/mol. The topological polar surface area (TPSA) is 84.5 Å². The predicted octanol–water partition coefficient (Wildman–Crippen LogP) is 3.39. The van der Waals surface area contributed by atoms with E-state index >= 15 is 0 Å². The molecule has 1 aromatic carbocycles. The van der Waals surface area contributed by atoms with Gasteiger partial charge in [0.1, 0.15) is 23.8 Å². The van der Waals surface area contributed by atoms with Gasteiger partial charge in [0.05, 0.1) is 11.1 Å². The van der Waals surface area contributed by atoms with Crippen molar-refractivity contribution in [2.45, 2.75) is 13.3 Å². The Morgan fingerprint density at radius 2 is 1.81 bits per heavy atom. The van der Waals surface area contributed by atoms with Crippen LogP contribution in [0.1, 0.15) is 24.5 Å². The zero-order valence-corrected chi connectivity index (χ0v) is 11.7. The van der Waals surface area contributed by atoms with Crippen LogP contribution >= 0.6 is 0 Å². The average Bonchev–Trinajstić information content (AvgIpc) is 2.53. The first-order valence-electron chi connectivity index (χ1n) is 6.69. The van der Waals surface area contributed by atoms with Gasteiger partial charge in [-0.2, -0.15) is 10.5 Å². The third kappa shape index (κ3) is 3.71. The number of anilines is 3. The number of aromatic nitrogens is 1. The van der Waals surface area contributed by atoms with E-state index in [9.17, 15) is 0 Å². The summed E-state index contributed by atoms with van der Waals surface area (Å²) in [6.07, 6.45) is 1.03. The minimum Gasteiger partial charge on any atom is -0.370 e. The summed E-state index contributed by atoms with van der Waals surface area (Å²) >= 11 is 0. The molecule has 0 aliphatic rings. The van der Waals surface area contributed by atoms with E-state index in [0.717, 1.165) is 24.5 Å². The first kappa shape index (κ1) is 14.4. The quantitative estimate of drug-likeness (QED) is 0.875. The molecular formula is C16H15N5.